The number of amides is 1. The van der Waals surface area contributed by atoms with Crippen molar-refractivity contribution in [3.63, 3.8) is 0 Å². The molecular weight excluding hydrogens is 356 g/mol. The topological polar surface area (TPSA) is 70.1 Å². The molecule has 1 amide bonds. The molecule has 0 bridgehead atoms. The third-order valence-electron chi connectivity index (χ3n) is 5.27. The number of rotatable bonds is 4. The van der Waals surface area contributed by atoms with Crippen LogP contribution in [0, 0.1) is 0 Å². The van der Waals surface area contributed by atoms with Gasteiger partial charge < -0.3 is 19.6 Å². The smallest absolute Gasteiger partial charge is 0.331 e. The molecule has 6 heteroatoms. The first-order valence-electron chi connectivity index (χ1n) is 9.39. The second-order valence-corrected chi connectivity index (χ2v) is 6.94. The fourth-order valence-corrected chi connectivity index (χ4v) is 3.70. The van der Waals surface area contributed by atoms with Crippen LogP contribution in [0.15, 0.2) is 48.0 Å². The first-order chi connectivity index (χ1) is 13.7. The molecule has 4 rings (SSSR count). The van der Waals surface area contributed by atoms with Crippen LogP contribution in [0.4, 0.5) is 11.4 Å². The molecule has 2 aliphatic heterocycles. The molecule has 0 radical (unpaired) electrons. The fraction of sp³-hybridized carbons (Fsp3) is 0.273. The standard InChI is InChI=1S/C22H22N2O4/c25-15-24-8-7-18(22(26)27)14-19-13-17(3-6-21(19)24)16-1-4-20(5-2-16)23-9-11-28-12-10-23/h1-6,13-15H,7-12H2,(H,26,27). The summed E-state index contributed by atoms with van der Waals surface area (Å²) in [6.45, 7) is 3.64. The minimum atomic E-state index is -0.945. The Morgan fingerprint density at radius 2 is 1.71 bits per heavy atom. The summed E-state index contributed by atoms with van der Waals surface area (Å²) < 4.78 is 5.40. The lowest BCUT2D eigenvalue weighted by Crippen LogP contribution is -2.36. The van der Waals surface area contributed by atoms with Crippen LogP contribution in [0.3, 0.4) is 0 Å². The number of aliphatic carboxylic acids is 1. The van der Waals surface area contributed by atoms with Crippen LogP contribution < -0.4 is 9.80 Å². The van der Waals surface area contributed by atoms with Crippen LogP contribution in [-0.4, -0.2) is 50.3 Å². The SMILES string of the molecule is O=CN1CCC(C(=O)O)=Cc2cc(-c3ccc(N4CCOCC4)cc3)ccc21. The van der Waals surface area contributed by atoms with Gasteiger partial charge in [0.25, 0.3) is 0 Å². The minimum absolute atomic E-state index is 0.311. The molecule has 1 N–H and O–H groups in total. The van der Waals surface area contributed by atoms with E-state index in [1.54, 1.807) is 11.0 Å². The first kappa shape index (κ1) is 18.3. The highest BCUT2D eigenvalue weighted by molar-refractivity contribution is 5.96. The van der Waals surface area contributed by atoms with E-state index in [9.17, 15) is 14.7 Å². The summed E-state index contributed by atoms with van der Waals surface area (Å²) in [5.41, 5.74) is 5.00. The Bertz CT molecular complexity index is 915. The highest BCUT2D eigenvalue weighted by atomic mass is 16.5. The summed E-state index contributed by atoms with van der Waals surface area (Å²) in [6, 6.07) is 14.1. The van der Waals surface area contributed by atoms with Gasteiger partial charge in [-0.3, -0.25) is 4.79 Å². The van der Waals surface area contributed by atoms with Crippen molar-refractivity contribution in [1.29, 1.82) is 0 Å². The predicted molar refractivity (Wildman–Crippen MR) is 109 cm³/mol. The molecule has 0 saturated carbocycles. The third-order valence-corrected chi connectivity index (χ3v) is 5.27. The van der Waals surface area contributed by atoms with E-state index in [1.807, 2.05) is 18.2 Å². The zero-order chi connectivity index (χ0) is 19.5. The van der Waals surface area contributed by atoms with Gasteiger partial charge in [0, 0.05) is 30.9 Å². The monoisotopic (exact) mass is 378 g/mol. The van der Waals surface area contributed by atoms with Crippen molar-refractivity contribution in [3.05, 3.63) is 53.6 Å². The van der Waals surface area contributed by atoms with E-state index in [-0.39, 0.29) is 0 Å². The van der Waals surface area contributed by atoms with Crippen molar-refractivity contribution < 1.29 is 19.4 Å². The van der Waals surface area contributed by atoms with Gasteiger partial charge in [-0.1, -0.05) is 18.2 Å². The Morgan fingerprint density at radius 1 is 1.00 bits per heavy atom. The zero-order valence-corrected chi connectivity index (χ0v) is 15.5. The molecule has 2 aromatic carbocycles. The van der Waals surface area contributed by atoms with Gasteiger partial charge in [0.1, 0.15) is 0 Å². The number of anilines is 2. The molecule has 0 aromatic heterocycles. The number of benzene rings is 2. The summed E-state index contributed by atoms with van der Waals surface area (Å²) in [6.07, 6.45) is 2.76. The highest BCUT2D eigenvalue weighted by Crippen LogP contribution is 2.32. The van der Waals surface area contributed by atoms with Crippen LogP contribution >= 0.6 is 0 Å². The van der Waals surface area contributed by atoms with Gasteiger partial charge in [-0.15, -0.1) is 0 Å². The van der Waals surface area contributed by atoms with Gasteiger partial charge in [-0.2, -0.15) is 0 Å². The summed E-state index contributed by atoms with van der Waals surface area (Å²) in [7, 11) is 0. The van der Waals surface area contributed by atoms with E-state index >= 15 is 0 Å². The molecule has 2 aromatic rings. The predicted octanol–water partition coefficient (Wildman–Crippen LogP) is 3.02. The number of fused-ring (bicyclic) bond motifs is 1. The lowest BCUT2D eigenvalue weighted by Gasteiger charge is -2.29. The number of carboxylic acids is 1. The summed E-state index contributed by atoms with van der Waals surface area (Å²) in [4.78, 5) is 26.8. The largest absolute Gasteiger partial charge is 0.478 e. The van der Waals surface area contributed by atoms with E-state index < -0.39 is 5.97 Å². The number of carboxylic acid groups (broad SMARTS) is 1. The Morgan fingerprint density at radius 3 is 2.39 bits per heavy atom. The van der Waals surface area contributed by atoms with E-state index in [0.29, 0.717) is 18.5 Å². The van der Waals surface area contributed by atoms with Crippen LogP contribution in [-0.2, 0) is 14.3 Å². The summed E-state index contributed by atoms with van der Waals surface area (Å²) in [5, 5.41) is 9.40. The number of morpholine rings is 1. The molecule has 6 nitrogen and oxygen atoms in total. The Kier molecular flexibility index (Phi) is 5.12. The van der Waals surface area contributed by atoms with Gasteiger partial charge in [0.15, 0.2) is 0 Å². The average molecular weight is 378 g/mol. The fourth-order valence-electron chi connectivity index (χ4n) is 3.70. The van der Waals surface area contributed by atoms with Crippen LogP contribution in [0.5, 0.6) is 0 Å². The van der Waals surface area contributed by atoms with E-state index in [0.717, 1.165) is 55.1 Å². The molecule has 0 aliphatic carbocycles. The average Bonchev–Trinajstić information content (AvgIpc) is 2.93. The molecule has 2 aliphatic rings. The number of nitrogens with zero attached hydrogens (tertiary/aromatic N) is 2. The van der Waals surface area contributed by atoms with Gasteiger partial charge in [-0.05, 0) is 53.5 Å². The van der Waals surface area contributed by atoms with Crippen molar-refractivity contribution in [2.45, 2.75) is 6.42 Å². The van der Waals surface area contributed by atoms with Gasteiger partial charge >= 0.3 is 5.97 Å². The zero-order valence-electron chi connectivity index (χ0n) is 15.5. The molecular formula is C22H22N2O4. The maximum Gasteiger partial charge on any atom is 0.331 e. The number of ether oxygens (including phenoxy) is 1. The molecule has 1 saturated heterocycles. The van der Waals surface area contributed by atoms with Gasteiger partial charge in [-0.25, -0.2) is 4.79 Å². The normalized spacial score (nSPS) is 16.8. The summed E-state index contributed by atoms with van der Waals surface area (Å²) in [5.74, 6) is -0.945. The highest BCUT2D eigenvalue weighted by Gasteiger charge is 2.19. The third kappa shape index (κ3) is 3.64. The van der Waals surface area contributed by atoms with Crippen molar-refractivity contribution in [2.75, 3.05) is 42.6 Å². The molecule has 144 valence electrons. The van der Waals surface area contributed by atoms with Crippen molar-refractivity contribution in [2.24, 2.45) is 0 Å². The number of hydrogen-bond acceptors (Lipinski definition) is 4. The van der Waals surface area contributed by atoms with Crippen molar-refractivity contribution >= 4 is 29.8 Å². The molecule has 0 spiro atoms. The number of carbonyl (C=O) groups excluding carboxylic acids is 1. The van der Waals surface area contributed by atoms with E-state index in [1.165, 1.54) is 5.69 Å². The number of hydrogen-bond donors (Lipinski definition) is 1. The Hall–Kier alpha value is -3.12. The minimum Gasteiger partial charge on any atom is -0.478 e. The van der Waals surface area contributed by atoms with Crippen LogP contribution in [0.2, 0.25) is 0 Å². The van der Waals surface area contributed by atoms with Crippen molar-refractivity contribution in [1.82, 2.24) is 0 Å². The van der Waals surface area contributed by atoms with Crippen LogP contribution in [0.25, 0.3) is 17.2 Å². The Labute approximate surface area is 163 Å². The maximum atomic E-state index is 11.5. The van der Waals surface area contributed by atoms with Gasteiger partial charge in [0.2, 0.25) is 6.41 Å². The number of carbonyl (C=O) groups is 2. The second-order valence-electron chi connectivity index (χ2n) is 6.94. The van der Waals surface area contributed by atoms with Crippen molar-refractivity contribution in [3.8, 4) is 11.1 Å². The summed E-state index contributed by atoms with van der Waals surface area (Å²) >= 11 is 0. The molecule has 0 atom stereocenters. The molecule has 0 unspecified atom stereocenters. The molecule has 1 fully saturated rings. The second kappa shape index (κ2) is 7.86. The van der Waals surface area contributed by atoms with E-state index in [2.05, 4.69) is 29.2 Å². The molecule has 2 heterocycles. The van der Waals surface area contributed by atoms with E-state index in [4.69, 9.17) is 4.74 Å². The first-order valence-corrected chi connectivity index (χ1v) is 9.39. The maximum absolute atomic E-state index is 11.5. The van der Waals surface area contributed by atoms with Crippen LogP contribution in [0.1, 0.15) is 12.0 Å². The lowest BCUT2D eigenvalue weighted by molar-refractivity contribution is -0.132. The van der Waals surface area contributed by atoms with Gasteiger partial charge in [0.05, 0.1) is 18.9 Å². The lowest BCUT2D eigenvalue weighted by atomic mass is 10.00. The quantitative estimate of drug-likeness (QED) is 0.828. The Balaban J connectivity index is 1.66. The molecule has 28 heavy (non-hydrogen) atoms.